The molecule has 0 aliphatic heterocycles. The topological polar surface area (TPSA) is 0 Å². The van der Waals surface area contributed by atoms with E-state index in [0.29, 0.717) is 0 Å². The second-order valence-corrected chi connectivity index (χ2v) is 8.24. The first-order chi connectivity index (χ1) is 15.1. The van der Waals surface area contributed by atoms with Crippen molar-refractivity contribution in [1.82, 2.24) is 0 Å². The molecule has 0 heteroatoms. The molecule has 0 saturated heterocycles. The van der Waals surface area contributed by atoms with Crippen molar-refractivity contribution in [2.45, 2.75) is 47.0 Å². The quantitative estimate of drug-likeness (QED) is 0.225. The number of hydrogen-bond acceptors (Lipinski definition) is 0. The summed E-state index contributed by atoms with van der Waals surface area (Å²) in [5.74, 6) is 0. The van der Waals surface area contributed by atoms with Gasteiger partial charge in [-0.15, -0.1) is 0 Å². The smallest absolute Gasteiger partial charge is 0.0165 e. The van der Waals surface area contributed by atoms with Crippen LogP contribution in [-0.4, -0.2) is 0 Å². The van der Waals surface area contributed by atoms with Gasteiger partial charge in [-0.3, -0.25) is 0 Å². The zero-order valence-corrected chi connectivity index (χ0v) is 19.6. The Balaban J connectivity index is 0.000000549. The molecule has 0 saturated carbocycles. The highest BCUT2D eigenvalue weighted by atomic mass is 14.4. The Labute approximate surface area is 186 Å². The normalized spacial score (nSPS) is 13.1. The van der Waals surface area contributed by atoms with E-state index in [1.165, 1.54) is 54.6 Å². The summed E-state index contributed by atoms with van der Waals surface area (Å²) in [7, 11) is 0. The van der Waals surface area contributed by atoms with Crippen molar-refractivity contribution in [2.75, 3.05) is 0 Å². The minimum absolute atomic E-state index is 0.00532. The van der Waals surface area contributed by atoms with Gasteiger partial charge in [0.05, 0.1) is 0 Å². The van der Waals surface area contributed by atoms with Crippen molar-refractivity contribution >= 4 is 32.3 Å². The number of hydrogen-bond donors (Lipinski definition) is 0. The van der Waals surface area contributed by atoms with Gasteiger partial charge in [0.25, 0.3) is 0 Å². The summed E-state index contributed by atoms with van der Waals surface area (Å²) < 4.78 is 0. The molecule has 1 aliphatic rings. The number of fused-ring (bicyclic) bond motifs is 8. The average Bonchev–Trinajstić information content (AvgIpc) is 3.07. The third-order valence-electron chi connectivity index (χ3n) is 6.38. The first kappa shape index (κ1) is 21.1. The highest BCUT2D eigenvalue weighted by Gasteiger charge is 2.37. The van der Waals surface area contributed by atoms with Gasteiger partial charge in [0.1, 0.15) is 0 Å². The summed E-state index contributed by atoms with van der Waals surface area (Å²) in [5.41, 5.74) is 5.73. The zero-order chi connectivity index (χ0) is 22.2. The van der Waals surface area contributed by atoms with E-state index < -0.39 is 0 Å². The lowest BCUT2D eigenvalue weighted by molar-refractivity contribution is 0.667. The van der Waals surface area contributed by atoms with Gasteiger partial charge in [0.15, 0.2) is 0 Å². The highest BCUT2D eigenvalue weighted by Crippen LogP contribution is 2.53. The van der Waals surface area contributed by atoms with Gasteiger partial charge in [-0.2, -0.15) is 0 Å². The van der Waals surface area contributed by atoms with Crippen LogP contribution >= 0.6 is 0 Å². The molecule has 5 aromatic carbocycles. The van der Waals surface area contributed by atoms with Crippen LogP contribution in [0.4, 0.5) is 0 Å². The average molecular weight is 405 g/mol. The Morgan fingerprint density at radius 3 is 1.81 bits per heavy atom. The van der Waals surface area contributed by atoms with E-state index in [4.69, 9.17) is 0 Å². The molecule has 1 aliphatic carbocycles. The largest absolute Gasteiger partial charge is 0.0683 e. The molecule has 0 bridgehead atoms. The molecular weight excluding hydrogens is 372 g/mol. The Hall–Kier alpha value is -3.12. The Bertz CT molecular complexity index is 1390. The van der Waals surface area contributed by atoms with Gasteiger partial charge < -0.3 is 0 Å². The first-order valence-electron chi connectivity index (χ1n) is 11.6. The lowest BCUT2D eigenvalue weighted by atomic mass is 9.80. The predicted molar refractivity (Wildman–Crippen MR) is 139 cm³/mol. The van der Waals surface area contributed by atoms with Gasteiger partial charge in [-0.25, -0.2) is 0 Å². The number of benzene rings is 5. The van der Waals surface area contributed by atoms with Crippen LogP contribution in [0, 0.1) is 0 Å². The summed E-state index contributed by atoms with van der Waals surface area (Å²) in [6, 6.07) is 31.4. The molecule has 6 rings (SSSR count). The van der Waals surface area contributed by atoms with Crippen molar-refractivity contribution in [3.8, 4) is 11.1 Å². The molecule has 31 heavy (non-hydrogen) atoms. The number of rotatable bonds is 0. The van der Waals surface area contributed by atoms with E-state index in [1.807, 2.05) is 27.7 Å². The van der Waals surface area contributed by atoms with Crippen LogP contribution in [-0.2, 0) is 5.41 Å². The predicted octanol–water partition coefficient (Wildman–Crippen LogP) is 9.50. The Morgan fingerprint density at radius 1 is 0.516 bits per heavy atom. The molecule has 0 fully saturated rings. The third-order valence-corrected chi connectivity index (χ3v) is 6.38. The Kier molecular flexibility index (Phi) is 5.58. The van der Waals surface area contributed by atoms with E-state index >= 15 is 0 Å². The van der Waals surface area contributed by atoms with Gasteiger partial charge in [0.2, 0.25) is 0 Å². The van der Waals surface area contributed by atoms with Gasteiger partial charge in [0, 0.05) is 5.41 Å². The van der Waals surface area contributed by atoms with Crippen molar-refractivity contribution in [2.24, 2.45) is 0 Å². The van der Waals surface area contributed by atoms with E-state index in [1.54, 1.807) is 0 Å². The molecule has 0 spiro atoms. The minimum Gasteiger partial charge on any atom is -0.0683 e. The van der Waals surface area contributed by atoms with Crippen LogP contribution in [0.1, 0.15) is 52.7 Å². The summed E-state index contributed by atoms with van der Waals surface area (Å²) in [4.78, 5) is 0. The van der Waals surface area contributed by atoms with Crippen LogP contribution < -0.4 is 0 Å². The maximum absolute atomic E-state index is 2.38. The fourth-order valence-corrected chi connectivity index (χ4v) is 5.11. The first-order valence-corrected chi connectivity index (χ1v) is 11.6. The maximum atomic E-state index is 2.38. The van der Waals surface area contributed by atoms with Crippen molar-refractivity contribution in [3.63, 3.8) is 0 Å². The monoisotopic (exact) mass is 404 g/mol. The summed E-state index contributed by atoms with van der Waals surface area (Å²) in [6.45, 7) is 12.7. The fourth-order valence-electron chi connectivity index (χ4n) is 5.11. The third kappa shape index (κ3) is 3.13. The van der Waals surface area contributed by atoms with Gasteiger partial charge in [-0.1, -0.05) is 114 Å². The molecule has 0 unspecified atom stereocenters. The molecule has 0 N–H and O–H groups in total. The van der Waals surface area contributed by atoms with Crippen molar-refractivity contribution in [3.05, 3.63) is 96.1 Å². The summed E-state index contributed by atoms with van der Waals surface area (Å²) in [5, 5.41) is 8.01. The summed E-state index contributed by atoms with van der Waals surface area (Å²) in [6.07, 6.45) is 0. The van der Waals surface area contributed by atoms with E-state index in [0.717, 1.165) is 0 Å². The Morgan fingerprint density at radius 2 is 1.10 bits per heavy atom. The lowest BCUT2D eigenvalue weighted by Crippen LogP contribution is -2.15. The maximum Gasteiger partial charge on any atom is 0.0165 e. The van der Waals surface area contributed by atoms with Crippen LogP contribution in [0.5, 0.6) is 0 Å². The summed E-state index contributed by atoms with van der Waals surface area (Å²) >= 11 is 0. The molecule has 0 nitrogen and oxygen atoms in total. The zero-order valence-electron chi connectivity index (χ0n) is 19.6. The van der Waals surface area contributed by atoms with E-state index in [9.17, 15) is 0 Å². The van der Waals surface area contributed by atoms with Gasteiger partial charge in [-0.05, 0) is 66.7 Å². The SMILES string of the molecule is CC.CC.CC1(C)c2ccc3cc4ccccc4cc3c2-c2ccc3ccccc3c21. The van der Waals surface area contributed by atoms with Crippen molar-refractivity contribution < 1.29 is 0 Å². The molecule has 156 valence electrons. The van der Waals surface area contributed by atoms with Gasteiger partial charge >= 0.3 is 0 Å². The lowest BCUT2D eigenvalue weighted by Gasteiger charge is -2.23. The molecule has 0 aromatic heterocycles. The van der Waals surface area contributed by atoms with Crippen molar-refractivity contribution in [1.29, 1.82) is 0 Å². The molecular formula is C31H32. The molecule has 0 atom stereocenters. The van der Waals surface area contributed by atoms with E-state index in [-0.39, 0.29) is 5.41 Å². The molecule has 0 amide bonds. The standard InChI is InChI=1S/C27H20.2C2H6/c1-27(2)24-14-12-20-15-18-8-3-4-9-19(18)16-23(20)25(24)22-13-11-17-7-5-6-10-21(17)26(22)27;2*1-2/h3-16H,1-2H3;2*1-2H3. The van der Waals surface area contributed by atoms with Crippen LogP contribution in [0.25, 0.3) is 43.4 Å². The molecule has 0 heterocycles. The molecule has 0 radical (unpaired) electrons. The molecule has 5 aromatic rings. The highest BCUT2D eigenvalue weighted by molar-refractivity contribution is 6.10. The van der Waals surface area contributed by atoms with Crippen LogP contribution in [0.15, 0.2) is 84.9 Å². The second-order valence-electron chi connectivity index (χ2n) is 8.24. The minimum atomic E-state index is 0.00532. The second kappa shape index (κ2) is 8.19. The van der Waals surface area contributed by atoms with Crippen LogP contribution in [0.3, 0.4) is 0 Å². The fraction of sp³-hybridized carbons (Fsp3) is 0.226. The van der Waals surface area contributed by atoms with Crippen LogP contribution in [0.2, 0.25) is 0 Å². The van der Waals surface area contributed by atoms with E-state index in [2.05, 4.69) is 98.8 Å².